The predicted molar refractivity (Wildman–Crippen MR) is 99.4 cm³/mol. The molecule has 2 rings (SSSR count). The molecule has 1 aromatic carbocycles. The first kappa shape index (κ1) is 18.4. The van der Waals surface area contributed by atoms with Gasteiger partial charge in [-0.2, -0.15) is 5.10 Å². The van der Waals surface area contributed by atoms with Gasteiger partial charge < -0.3 is 10.6 Å². The SMILES string of the molecule is Cc1cc(C)n(CC(C)CNC(=O)NCCSc2ccccc2)n1. The second kappa shape index (κ2) is 9.37. The molecule has 2 amide bonds. The van der Waals surface area contributed by atoms with Gasteiger partial charge >= 0.3 is 6.03 Å². The van der Waals surface area contributed by atoms with Gasteiger partial charge in [-0.05, 0) is 38.0 Å². The van der Waals surface area contributed by atoms with Gasteiger partial charge in [0.1, 0.15) is 0 Å². The highest BCUT2D eigenvalue weighted by atomic mass is 32.2. The van der Waals surface area contributed by atoms with E-state index >= 15 is 0 Å². The van der Waals surface area contributed by atoms with Crippen molar-refractivity contribution in [3.63, 3.8) is 0 Å². The van der Waals surface area contributed by atoms with Crippen molar-refractivity contribution in [3.05, 3.63) is 47.8 Å². The lowest BCUT2D eigenvalue weighted by Crippen LogP contribution is -2.39. The van der Waals surface area contributed by atoms with Gasteiger partial charge in [0.2, 0.25) is 0 Å². The number of rotatable bonds is 8. The van der Waals surface area contributed by atoms with Gasteiger partial charge in [0, 0.05) is 36.0 Å². The van der Waals surface area contributed by atoms with E-state index in [1.807, 2.05) is 29.8 Å². The quantitative estimate of drug-likeness (QED) is 0.570. The first-order chi connectivity index (χ1) is 11.5. The molecule has 0 aliphatic rings. The molecule has 2 N–H and O–H groups in total. The van der Waals surface area contributed by atoms with E-state index in [9.17, 15) is 4.79 Å². The van der Waals surface area contributed by atoms with E-state index in [1.165, 1.54) is 4.90 Å². The second-order valence-corrected chi connectivity index (χ2v) is 7.18. The maximum Gasteiger partial charge on any atom is 0.314 e. The number of carbonyl (C=O) groups is 1. The molecule has 0 bridgehead atoms. The Morgan fingerprint density at radius 1 is 1.25 bits per heavy atom. The highest BCUT2D eigenvalue weighted by Crippen LogP contribution is 2.15. The van der Waals surface area contributed by atoms with Crippen molar-refractivity contribution < 1.29 is 4.79 Å². The summed E-state index contributed by atoms with van der Waals surface area (Å²) in [6.45, 7) is 8.25. The zero-order valence-electron chi connectivity index (χ0n) is 14.6. The van der Waals surface area contributed by atoms with Crippen molar-refractivity contribution in [2.24, 2.45) is 5.92 Å². The van der Waals surface area contributed by atoms with Crippen LogP contribution in [0.15, 0.2) is 41.3 Å². The molecule has 0 radical (unpaired) electrons. The van der Waals surface area contributed by atoms with Crippen LogP contribution in [0.2, 0.25) is 0 Å². The van der Waals surface area contributed by atoms with Crippen molar-refractivity contribution in [2.75, 3.05) is 18.8 Å². The number of benzene rings is 1. The van der Waals surface area contributed by atoms with Crippen molar-refractivity contribution in [3.8, 4) is 0 Å². The minimum atomic E-state index is -0.108. The largest absolute Gasteiger partial charge is 0.338 e. The van der Waals surface area contributed by atoms with Crippen LogP contribution in [0.1, 0.15) is 18.3 Å². The Morgan fingerprint density at radius 3 is 2.67 bits per heavy atom. The zero-order chi connectivity index (χ0) is 17.4. The van der Waals surface area contributed by atoms with Crippen LogP contribution in [-0.4, -0.2) is 34.7 Å². The molecule has 1 heterocycles. The van der Waals surface area contributed by atoms with Crippen LogP contribution in [0.3, 0.4) is 0 Å². The van der Waals surface area contributed by atoms with Crippen LogP contribution >= 0.6 is 11.8 Å². The normalized spacial score (nSPS) is 12.0. The molecule has 1 aromatic heterocycles. The van der Waals surface area contributed by atoms with E-state index in [-0.39, 0.29) is 6.03 Å². The maximum atomic E-state index is 11.8. The van der Waals surface area contributed by atoms with Crippen molar-refractivity contribution in [1.29, 1.82) is 0 Å². The summed E-state index contributed by atoms with van der Waals surface area (Å²) in [5.41, 5.74) is 2.18. The van der Waals surface area contributed by atoms with Gasteiger partial charge in [-0.25, -0.2) is 4.79 Å². The highest BCUT2D eigenvalue weighted by Gasteiger charge is 2.08. The van der Waals surface area contributed by atoms with E-state index in [0.29, 0.717) is 19.0 Å². The van der Waals surface area contributed by atoms with Gasteiger partial charge in [0.15, 0.2) is 0 Å². The number of nitrogens with one attached hydrogen (secondary N) is 2. The number of amides is 2. The van der Waals surface area contributed by atoms with Crippen molar-refractivity contribution >= 4 is 17.8 Å². The summed E-state index contributed by atoms with van der Waals surface area (Å²) >= 11 is 1.74. The highest BCUT2D eigenvalue weighted by molar-refractivity contribution is 7.99. The Balaban J connectivity index is 1.59. The van der Waals surface area contributed by atoms with E-state index in [4.69, 9.17) is 0 Å². The molecule has 5 nitrogen and oxygen atoms in total. The molecule has 24 heavy (non-hydrogen) atoms. The van der Waals surface area contributed by atoms with Crippen LogP contribution in [0.5, 0.6) is 0 Å². The lowest BCUT2D eigenvalue weighted by molar-refractivity contribution is 0.239. The smallest absolute Gasteiger partial charge is 0.314 e. The summed E-state index contributed by atoms with van der Waals surface area (Å²) in [6, 6.07) is 12.2. The van der Waals surface area contributed by atoms with Crippen LogP contribution in [-0.2, 0) is 6.54 Å². The Morgan fingerprint density at radius 2 is 2.00 bits per heavy atom. The number of thioether (sulfide) groups is 1. The minimum Gasteiger partial charge on any atom is -0.338 e. The monoisotopic (exact) mass is 346 g/mol. The van der Waals surface area contributed by atoms with Crippen molar-refractivity contribution in [2.45, 2.75) is 32.2 Å². The summed E-state index contributed by atoms with van der Waals surface area (Å²) in [6.07, 6.45) is 0. The first-order valence-corrected chi connectivity index (χ1v) is 9.23. The van der Waals surface area contributed by atoms with E-state index in [0.717, 1.165) is 23.7 Å². The van der Waals surface area contributed by atoms with E-state index < -0.39 is 0 Å². The Hall–Kier alpha value is -1.95. The minimum absolute atomic E-state index is 0.108. The molecule has 0 spiro atoms. The topological polar surface area (TPSA) is 59.0 Å². The van der Waals surface area contributed by atoms with Gasteiger partial charge in [-0.3, -0.25) is 4.68 Å². The summed E-state index contributed by atoms with van der Waals surface area (Å²) < 4.78 is 2.00. The third-order valence-electron chi connectivity index (χ3n) is 3.60. The summed E-state index contributed by atoms with van der Waals surface area (Å²) in [4.78, 5) is 13.0. The third-order valence-corrected chi connectivity index (χ3v) is 4.61. The van der Waals surface area contributed by atoms with Gasteiger partial charge in [0.25, 0.3) is 0 Å². The number of aromatic nitrogens is 2. The summed E-state index contributed by atoms with van der Waals surface area (Å²) in [5, 5.41) is 10.3. The van der Waals surface area contributed by atoms with Crippen LogP contribution < -0.4 is 10.6 Å². The number of hydrogen-bond acceptors (Lipinski definition) is 3. The molecule has 0 saturated heterocycles. The van der Waals surface area contributed by atoms with Crippen LogP contribution in [0.4, 0.5) is 4.79 Å². The van der Waals surface area contributed by atoms with Crippen molar-refractivity contribution in [1.82, 2.24) is 20.4 Å². The summed E-state index contributed by atoms with van der Waals surface area (Å²) in [7, 11) is 0. The number of hydrogen-bond donors (Lipinski definition) is 2. The number of aryl methyl sites for hydroxylation is 2. The molecule has 0 fully saturated rings. The van der Waals surface area contributed by atoms with E-state index in [2.05, 4.69) is 47.8 Å². The Kier molecular flexibility index (Phi) is 7.18. The molecule has 1 unspecified atom stereocenters. The predicted octanol–water partition coefficient (Wildman–Crippen LogP) is 3.23. The Labute approximate surface area is 148 Å². The fraction of sp³-hybridized carbons (Fsp3) is 0.444. The molecule has 2 aromatic rings. The molecular weight excluding hydrogens is 320 g/mol. The van der Waals surface area contributed by atoms with Gasteiger partial charge in [-0.1, -0.05) is 25.1 Å². The number of urea groups is 1. The maximum absolute atomic E-state index is 11.8. The first-order valence-electron chi connectivity index (χ1n) is 8.25. The number of nitrogens with zero attached hydrogens (tertiary/aromatic N) is 2. The lowest BCUT2D eigenvalue weighted by Gasteiger charge is -2.14. The summed E-state index contributed by atoms with van der Waals surface area (Å²) in [5.74, 6) is 1.19. The molecule has 1 atom stereocenters. The molecule has 0 aliphatic carbocycles. The number of carbonyl (C=O) groups excluding carboxylic acids is 1. The second-order valence-electron chi connectivity index (χ2n) is 6.01. The average molecular weight is 347 g/mol. The van der Waals surface area contributed by atoms with E-state index in [1.54, 1.807) is 11.8 Å². The fourth-order valence-corrected chi connectivity index (χ4v) is 3.19. The molecule has 0 saturated carbocycles. The average Bonchev–Trinajstić information content (AvgIpc) is 2.88. The lowest BCUT2D eigenvalue weighted by atomic mass is 10.2. The van der Waals surface area contributed by atoms with Gasteiger partial charge in [0.05, 0.1) is 5.69 Å². The molecule has 6 heteroatoms. The standard InChI is InChI=1S/C18H26N4OS/c1-14(13-22-16(3)11-15(2)21-22)12-20-18(23)19-9-10-24-17-7-5-4-6-8-17/h4-8,11,14H,9-10,12-13H2,1-3H3,(H2,19,20,23). The Bertz CT molecular complexity index is 642. The fourth-order valence-electron chi connectivity index (χ4n) is 2.40. The zero-order valence-corrected chi connectivity index (χ0v) is 15.4. The molecule has 0 aliphatic heterocycles. The van der Waals surface area contributed by atoms with Gasteiger partial charge in [-0.15, -0.1) is 11.8 Å². The van der Waals surface area contributed by atoms with Crippen LogP contribution in [0, 0.1) is 19.8 Å². The molecular formula is C18H26N4OS. The molecule has 130 valence electrons. The van der Waals surface area contributed by atoms with Crippen LogP contribution in [0.25, 0.3) is 0 Å². The third kappa shape index (κ3) is 6.28.